The summed E-state index contributed by atoms with van der Waals surface area (Å²) in [5, 5.41) is 0. The Kier molecular flexibility index (Phi) is 26.5. The fourth-order valence-electron chi connectivity index (χ4n) is 6.36. The summed E-state index contributed by atoms with van der Waals surface area (Å²) in [6.45, 7) is 23.5. The third-order valence-corrected chi connectivity index (χ3v) is 10.2. The minimum Gasteiger partial charge on any atom is -0.465 e. The van der Waals surface area contributed by atoms with Gasteiger partial charge in [-0.25, -0.2) is 4.98 Å². The first-order valence-corrected chi connectivity index (χ1v) is 20.5. The first kappa shape index (κ1) is 45.1. The lowest BCUT2D eigenvalue weighted by Gasteiger charge is -2.22. The van der Waals surface area contributed by atoms with E-state index >= 15 is 0 Å². The predicted octanol–water partition coefficient (Wildman–Crippen LogP) is 10.8. The van der Waals surface area contributed by atoms with E-state index in [-0.39, 0.29) is 11.9 Å². The highest BCUT2D eigenvalue weighted by atomic mass is 16.5. The van der Waals surface area contributed by atoms with Crippen LogP contribution in [0.2, 0.25) is 0 Å². The number of aromatic nitrogens is 2. The average Bonchev–Trinajstić information content (AvgIpc) is 3.56. The second kappa shape index (κ2) is 28.8. The SMILES string of the molecule is CC(C)CCC(COC(=O)CCCCCCCN(CCCCCCCC(=O)OCC(CCC(C)C)C(C)C)CCCn1ccnc1)C(C)C. The van der Waals surface area contributed by atoms with Gasteiger partial charge in [0.2, 0.25) is 0 Å². The summed E-state index contributed by atoms with van der Waals surface area (Å²) >= 11 is 0. The van der Waals surface area contributed by atoms with Crippen LogP contribution in [-0.2, 0) is 25.6 Å². The normalized spacial score (nSPS) is 13.2. The summed E-state index contributed by atoms with van der Waals surface area (Å²) in [5.41, 5.74) is 0. The molecule has 7 heteroatoms. The molecule has 0 saturated carbocycles. The van der Waals surface area contributed by atoms with Gasteiger partial charge in [0.05, 0.1) is 19.5 Å². The molecule has 0 aromatic carbocycles. The summed E-state index contributed by atoms with van der Waals surface area (Å²) in [6.07, 6.45) is 23.9. The summed E-state index contributed by atoms with van der Waals surface area (Å²) in [7, 11) is 0. The third-order valence-electron chi connectivity index (χ3n) is 10.2. The van der Waals surface area contributed by atoms with Gasteiger partial charge < -0.3 is 18.9 Å². The molecule has 1 rings (SSSR count). The number of nitrogens with zero attached hydrogens (tertiary/aromatic N) is 3. The number of carbonyl (C=O) groups is 2. The molecule has 1 aromatic heterocycles. The molecular formula is C42H79N3O4. The molecule has 0 fully saturated rings. The fraction of sp³-hybridized carbons (Fsp3) is 0.881. The Balaban J connectivity index is 2.24. The van der Waals surface area contributed by atoms with E-state index in [1.807, 2.05) is 18.7 Å². The smallest absolute Gasteiger partial charge is 0.305 e. The number of carbonyl (C=O) groups excluding carboxylic acids is 2. The monoisotopic (exact) mass is 690 g/mol. The Morgan fingerprint density at radius 1 is 0.592 bits per heavy atom. The zero-order chi connectivity index (χ0) is 36.3. The van der Waals surface area contributed by atoms with Gasteiger partial charge in [0.1, 0.15) is 0 Å². The van der Waals surface area contributed by atoms with Gasteiger partial charge in [-0.05, 0) is 100 Å². The quantitative estimate of drug-likeness (QED) is 0.0554. The van der Waals surface area contributed by atoms with Gasteiger partial charge in [-0.15, -0.1) is 0 Å². The molecule has 7 nitrogen and oxygen atoms in total. The van der Waals surface area contributed by atoms with E-state index in [2.05, 4.69) is 69.8 Å². The Morgan fingerprint density at radius 3 is 1.43 bits per heavy atom. The van der Waals surface area contributed by atoms with Crippen LogP contribution in [0.3, 0.4) is 0 Å². The van der Waals surface area contributed by atoms with Crippen molar-refractivity contribution in [2.45, 2.75) is 171 Å². The van der Waals surface area contributed by atoms with Crippen LogP contribution >= 0.6 is 0 Å². The number of imidazole rings is 1. The first-order valence-electron chi connectivity index (χ1n) is 20.5. The zero-order valence-corrected chi connectivity index (χ0v) is 33.4. The van der Waals surface area contributed by atoms with Crippen molar-refractivity contribution in [3.8, 4) is 0 Å². The Bertz CT molecular complexity index is 861. The van der Waals surface area contributed by atoms with Crippen molar-refractivity contribution in [1.82, 2.24) is 14.5 Å². The van der Waals surface area contributed by atoms with Gasteiger partial charge in [-0.2, -0.15) is 0 Å². The number of ether oxygens (including phenoxy) is 2. The van der Waals surface area contributed by atoms with Crippen molar-refractivity contribution in [2.24, 2.45) is 35.5 Å². The molecule has 0 amide bonds. The van der Waals surface area contributed by atoms with Gasteiger partial charge in [-0.1, -0.05) is 107 Å². The highest BCUT2D eigenvalue weighted by Gasteiger charge is 2.18. The van der Waals surface area contributed by atoms with Gasteiger partial charge in [0.25, 0.3) is 0 Å². The van der Waals surface area contributed by atoms with E-state index in [0.717, 1.165) is 71.1 Å². The molecule has 0 aliphatic rings. The van der Waals surface area contributed by atoms with Crippen LogP contribution < -0.4 is 0 Å². The van der Waals surface area contributed by atoms with E-state index < -0.39 is 0 Å². The highest BCUT2D eigenvalue weighted by Crippen LogP contribution is 2.22. The molecule has 1 aromatic rings. The number of rotatable bonds is 32. The van der Waals surface area contributed by atoms with E-state index in [1.165, 1.54) is 51.4 Å². The molecule has 0 bridgehead atoms. The summed E-state index contributed by atoms with van der Waals surface area (Å²) in [5.74, 6) is 3.38. The molecule has 49 heavy (non-hydrogen) atoms. The molecule has 0 aliphatic carbocycles. The highest BCUT2D eigenvalue weighted by molar-refractivity contribution is 5.69. The van der Waals surface area contributed by atoms with Crippen LogP contribution in [0.5, 0.6) is 0 Å². The lowest BCUT2D eigenvalue weighted by Crippen LogP contribution is -2.28. The molecule has 286 valence electrons. The average molecular weight is 690 g/mol. The minimum atomic E-state index is -0.0218. The Labute approximate surface area is 303 Å². The molecular weight excluding hydrogens is 610 g/mol. The van der Waals surface area contributed by atoms with Crippen molar-refractivity contribution in [3.05, 3.63) is 18.7 Å². The van der Waals surface area contributed by atoms with Crippen molar-refractivity contribution < 1.29 is 19.1 Å². The zero-order valence-electron chi connectivity index (χ0n) is 33.4. The van der Waals surface area contributed by atoms with Crippen molar-refractivity contribution in [1.29, 1.82) is 0 Å². The van der Waals surface area contributed by atoms with Crippen LogP contribution in [0.4, 0.5) is 0 Å². The summed E-state index contributed by atoms with van der Waals surface area (Å²) in [4.78, 5) is 31.5. The largest absolute Gasteiger partial charge is 0.465 e. The maximum Gasteiger partial charge on any atom is 0.305 e. The Morgan fingerprint density at radius 2 is 1.02 bits per heavy atom. The molecule has 0 saturated heterocycles. The van der Waals surface area contributed by atoms with E-state index in [4.69, 9.17) is 9.47 Å². The predicted molar refractivity (Wildman–Crippen MR) is 205 cm³/mol. The van der Waals surface area contributed by atoms with Crippen LogP contribution in [0.15, 0.2) is 18.7 Å². The number of aryl methyl sites for hydroxylation is 1. The van der Waals surface area contributed by atoms with Crippen molar-refractivity contribution >= 4 is 11.9 Å². The molecule has 0 radical (unpaired) electrons. The topological polar surface area (TPSA) is 73.7 Å². The van der Waals surface area contributed by atoms with Crippen LogP contribution in [0.25, 0.3) is 0 Å². The molecule has 0 spiro atoms. The van der Waals surface area contributed by atoms with Crippen LogP contribution in [0, 0.1) is 35.5 Å². The summed E-state index contributed by atoms with van der Waals surface area (Å²) in [6, 6.07) is 0. The fourth-order valence-corrected chi connectivity index (χ4v) is 6.36. The third kappa shape index (κ3) is 25.7. The van der Waals surface area contributed by atoms with Crippen molar-refractivity contribution in [2.75, 3.05) is 32.8 Å². The molecule has 0 aliphatic heterocycles. The van der Waals surface area contributed by atoms with Gasteiger partial charge >= 0.3 is 11.9 Å². The molecule has 2 atom stereocenters. The van der Waals surface area contributed by atoms with E-state index in [0.29, 0.717) is 61.6 Å². The van der Waals surface area contributed by atoms with E-state index in [9.17, 15) is 9.59 Å². The maximum atomic E-state index is 12.3. The van der Waals surface area contributed by atoms with Crippen molar-refractivity contribution in [3.63, 3.8) is 0 Å². The minimum absolute atomic E-state index is 0.0218. The second-order valence-corrected chi connectivity index (χ2v) is 16.3. The lowest BCUT2D eigenvalue weighted by molar-refractivity contribution is -0.146. The van der Waals surface area contributed by atoms with Gasteiger partial charge in [0, 0.05) is 31.8 Å². The number of hydrogen-bond acceptors (Lipinski definition) is 6. The maximum absolute atomic E-state index is 12.3. The second-order valence-electron chi connectivity index (χ2n) is 16.3. The molecule has 0 N–H and O–H groups in total. The Hall–Kier alpha value is -1.89. The van der Waals surface area contributed by atoms with Gasteiger partial charge in [-0.3, -0.25) is 9.59 Å². The molecule has 2 unspecified atom stereocenters. The standard InChI is InChI=1S/C42H79N3O4/c1-35(2)22-24-39(37(5)6)32-48-41(46)20-15-11-9-13-17-27-44(29-19-30-45-31-26-43-34-45)28-18-14-10-12-16-21-42(47)49-33-40(38(7)8)25-23-36(3)4/h26,31,34-40H,9-25,27-30,32-33H2,1-8H3. The van der Waals surface area contributed by atoms with E-state index in [1.54, 1.807) is 0 Å². The van der Waals surface area contributed by atoms with Gasteiger partial charge in [0.15, 0.2) is 0 Å². The molecule has 1 heterocycles. The first-order chi connectivity index (χ1) is 23.5. The number of hydrogen-bond donors (Lipinski definition) is 0. The van der Waals surface area contributed by atoms with Crippen LogP contribution in [-0.4, -0.2) is 59.2 Å². The van der Waals surface area contributed by atoms with Crippen LogP contribution in [0.1, 0.15) is 165 Å². The number of unbranched alkanes of at least 4 members (excludes halogenated alkanes) is 8. The lowest BCUT2D eigenvalue weighted by atomic mass is 9.89. The number of esters is 2. The summed E-state index contributed by atoms with van der Waals surface area (Å²) < 4.78 is 13.5.